The van der Waals surface area contributed by atoms with Gasteiger partial charge in [0.05, 0.1) is 18.9 Å². The van der Waals surface area contributed by atoms with Crippen molar-refractivity contribution in [1.29, 1.82) is 0 Å². The molecule has 2 amide bonds. The average Bonchev–Trinajstić information content (AvgIpc) is 3.29. The van der Waals surface area contributed by atoms with Crippen LogP contribution in [-0.2, 0) is 4.74 Å². The quantitative estimate of drug-likeness (QED) is 0.818. The van der Waals surface area contributed by atoms with E-state index in [4.69, 9.17) is 4.74 Å². The smallest absolute Gasteiger partial charge is 0.321 e. The van der Waals surface area contributed by atoms with E-state index in [0.29, 0.717) is 0 Å². The van der Waals surface area contributed by atoms with Crippen LogP contribution in [0.25, 0.3) is 11.3 Å². The number of H-pyrrole nitrogens is 1. The van der Waals surface area contributed by atoms with Gasteiger partial charge in [0, 0.05) is 64.2 Å². The molecule has 0 aliphatic carbocycles. The molecule has 8 heteroatoms. The third-order valence-electron chi connectivity index (χ3n) is 5.44. The van der Waals surface area contributed by atoms with E-state index in [2.05, 4.69) is 25.3 Å². The number of ether oxygens (including phenoxy) is 1. The van der Waals surface area contributed by atoms with E-state index in [1.54, 1.807) is 6.20 Å². The first-order valence-electron chi connectivity index (χ1n) is 9.96. The molecule has 0 atom stereocenters. The fourth-order valence-corrected chi connectivity index (χ4v) is 3.63. The zero-order valence-corrected chi connectivity index (χ0v) is 16.1. The standard InChI is InChI=1S/C20H28N6O2/c27-20(22-18-3-1-17(2-4-18)19-5-6-21-23-19)26-11-9-24(10-12-26)7-8-25-13-15-28-16-14-25/h1-6H,7-16H2,(H,21,23)(H,22,27). The monoisotopic (exact) mass is 384 g/mol. The summed E-state index contributed by atoms with van der Waals surface area (Å²) in [6.45, 7) is 9.27. The lowest BCUT2D eigenvalue weighted by Gasteiger charge is -2.36. The minimum absolute atomic E-state index is 0.0258. The summed E-state index contributed by atoms with van der Waals surface area (Å²) in [7, 11) is 0. The minimum atomic E-state index is -0.0258. The van der Waals surface area contributed by atoms with Gasteiger partial charge in [0.25, 0.3) is 0 Å². The fraction of sp³-hybridized carbons (Fsp3) is 0.500. The number of nitrogens with one attached hydrogen (secondary N) is 2. The predicted molar refractivity (Wildman–Crippen MR) is 108 cm³/mol. The minimum Gasteiger partial charge on any atom is -0.379 e. The second-order valence-corrected chi connectivity index (χ2v) is 7.26. The van der Waals surface area contributed by atoms with Crippen LogP contribution in [0.15, 0.2) is 36.5 Å². The van der Waals surface area contributed by atoms with E-state index in [0.717, 1.165) is 82.5 Å². The maximum Gasteiger partial charge on any atom is 0.321 e. The average molecular weight is 384 g/mol. The third-order valence-corrected chi connectivity index (χ3v) is 5.44. The maximum atomic E-state index is 12.6. The zero-order chi connectivity index (χ0) is 19.2. The molecule has 2 aliphatic rings. The lowest BCUT2D eigenvalue weighted by atomic mass is 10.1. The highest BCUT2D eigenvalue weighted by Crippen LogP contribution is 2.19. The van der Waals surface area contributed by atoms with Crippen LogP contribution in [-0.4, -0.2) is 96.5 Å². The summed E-state index contributed by atoms with van der Waals surface area (Å²) in [5.41, 5.74) is 2.82. The summed E-state index contributed by atoms with van der Waals surface area (Å²) in [5, 5.41) is 9.91. The number of carbonyl (C=O) groups is 1. The molecule has 150 valence electrons. The number of hydrogen-bond acceptors (Lipinski definition) is 5. The van der Waals surface area contributed by atoms with Crippen LogP contribution >= 0.6 is 0 Å². The van der Waals surface area contributed by atoms with Gasteiger partial charge in [0.15, 0.2) is 0 Å². The van der Waals surface area contributed by atoms with E-state index >= 15 is 0 Å². The maximum absolute atomic E-state index is 12.6. The number of carbonyl (C=O) groups excluding carboxylic acids is 1. The number of urea groups is 1. The Hall–Kier alpha value is -2.42. The molecule has 3 heterocycles. The summed E-state index contributed by atoms with van der Waals surface area (Å²) in [5.74, 6) is 0. The topological polar surface area (TPSA) is 76.7 Å². The predicted octanol–water partition coefficient (Wildman–Crippen LogP) is 1.56. The fourth-order valence-electron chi connectivity index (χ4n) is 3.63. The van der Waals surface area contributed by atoms with Crippen LogP contribution in [0.2, 0.25) is 0 Å². The third kappa shape index (κ3) is 4.89. The van der Waals surface area contributed by atoms with Gasteiger partial charge in [0.1, 0.15) is 0 Å². The van der Waals surface area contributed by atoms with Gasteiger partial charge in [-0.15, -0.1) is 0 Å². The van der Waals surface area contributed by atoms with Crippen LogP contribution in [0.5, 0.6) is 0 Å². The van der Waals surface area contributed by atoms with Crippen molar-refractivity contribution in [2.75, 3.05) is 70.9 Å². The Balaban J connectivity index is 1.20. The summed E-state index contributed by atoms with van der Waals surface area (Å²) in [6.07, 6.45) is 1.73. The van der Waals surface area contributed by atoms with Gasteiger partial charge >= 0.3 is 6.03 Å². The molecule has 2 fully saturated rings. The van der Waals surface area contributed by atoms with Gasteiger partial charge < -0.3 is 15.0 Å². The number of anilines is 1. The molecular formula is C20H28N6O2. The first-order valence-corrected chi connectivity index (χ1v) is 9.96. The molecule has 2 aliphatic heterocycles. The highest BCUT2D eigenvalue weighted by molar-refractivity contribution is 5.89. The number of aromatic amines is 1. The van der Waals surface area contributed by atoms with Crippen molar-refractivity contribution in [3.05, 3.63) is 36.5 Å². The molecular weight excluding hydrogens is 356 g/mol. The van der Waals surface area contributed by atoms with E-state index in [-0.39, 0.29) is 6.03 Å². The van der Waals surface area contributed by atoms with Crippen LogP contribution in [0.4, 0.5) is 10.5 Å². The first kappa shape index (κ1) is 18.9. The molecule has 0 radical (unpaired) electrons. The Kier molecular flexibility index (Phi) is 6.20. The molecule has 8 nitrogen and oxygen atoms in total. The number of benzene rings is 1. The number of morpholine rings is 1. The van der Waals surface area contributed by atoms with Gasteiger partial charge in [-0.1, -0.05) is 12.1 Å². The van der Waals surface area contributed by atoms with Crippen LogP contribution in [0.1, 0.15) is 0 Å². The molecule has 28 heavy (non-hydrogen) atoms. The Morgan fingerprint density at radius 1 is 0.964 bits per heavy atom. The van der Waals surface area contributed by atoms with E-state index < -0.39 is 0 Å². The van der Waals surface area contributed by atoms with Gasteiger partial charge in [-0.2, -0.15) is 5.10 Å². The van der Waals surface area contributed by atoms with E-state index in [1.807, 2.05) is 35.2 Å². The van der Waals surface area contributed by atoms with E-state index in [1.165, 1.54) is 0 Å². The number of hydrogen-bond donors (Lipinski definition) is 2. The van der Waals surface area contributed by atoms with Gasteiger partial charge in [-0.25, -0.2) is 4.79 Å². The highest BCUT2D eigenvalue weighted by atomic mass is 16.5. The van der Waals surface area contributed by atoms with Crippen molar-refractivity contribution in [3.63, 3.8) is 0 Å². The van der Waals surface area contributed by atoms with Crippen molar-refractivity contribution in [3.8, 4) is 11.3 Å². The van der Waals surface area contributed by atoms with Crippen molar-refractivity contribution < 1.29 is 9.53 Å². The summed E-state index contributed by atoms with van der Waals surface area (Å²) in [6, 6.07) is 9.70. The molecule has 1 aromatic heterocycles. The number of nitrogens with zero attached hydrogens (tertiary/aromatic N) is 4. The summed E-state index contributed by atoms with van der Waals surface area (Å²) >= 11 is 0. The molecule has 2 N–H and O–H groups in total. The molecule has 1 aromatic carbocycles. The normalized spacial score (nSPS) is 18.9. The Morgan fingerprint density at radius 3 is 2.29 bits per heavy atom. The number of piperazine rings is 1. The Labute approximate surface area is 165 Å². The number of rotatable bonds is 5. The molecule has 0 unspecified atom stereocenters. The van der Waals surface area contributed by atoms with Crippen molar-refractivity contribution in [2.24, 2.45) is 0 Å². The van der Waals surface area contributed by atoms with E-state index in [9.17, 15) is 4.79 Å². The number of amides is 2. The molecule has 0 bridgehead atoms. The molecule has 0 saturated carbocycles. The molecule has 0 spiro atoms. The SMILES string of the molecule is O=C(Nc1ccc(-c2ccn[nH]2)cc1)N1CCN(CCN2CCOCC2)CC1. The lowest BCUT2D eigenvalue weighted by molar-refractivity contribution is 0.0311. The van der Waals surface area contributed by atoms with Crippen LogP contribution in [0.3, 0.4) is 0 Å². The first-order chi connectivity index (χ1) is 13.8. The highest BCUT2D eigenvalue weighted by Gasteiger charge is 2.21. The molecule has 2 saturated heterocycles. The Morgan fingerprint density at radius 2 is 1.64 bits per heavy atom. The van der Waals surface area contributed by atoms with Crippen LogP contribution in [0, 0.1) is 0 Å². The second kappa shape index (κ2) is 9.18. The summed E-state index contributed by atoms with van der Waals surface area (Å²) in [4.78, 5) is 19.3. The molecule has 2 aromatic rings. The van der Waals surface area contributed by atoms with Gasteiger partial charge in [0.2, 0.25) is 0 Å². The lowest BCUT2D eigenvalue weighted by Crippen LogP contribution is -2.51. The van der Waals surface area contributed by atoms with Crippen LogP contribution < -0.4 is 5.32 Å². The van der Waals surface area contributed by atoms with Gasteiger partial charge in [-0.05, 0) is 23.8 Å². The largest absolute Gasteiger partial charge is 0.379 e. The Bertz CT molecular complexity index is 735. The van der Waals surface area contributed by atoms with Gasteiger partial charge in [-0.3, -0.25) is 14.9 Å². The van der Waals surface area contributed by atoms with Crippen molar-refractivity contribution >= 4 is 11.7 Å². The van der Waals surface area contributed by atoms with Crippen molar-refractivity contribution in [1.82, 2.24) is 24.9 Å². The van der Waals surface area contributed by atoms with Crippen molar-refractivity contribution in [2.45, 2.75) is 0 Å². The summed E-state index contributed by atoms with van der Waals surface area (Å²) < 4.78 is 5.40. The number of aromatic nitrogens is 2. The molecule has 4 rings (SSSR count). The zero-order valence-electron chi connectivity index (χ0n) is 16.1. The second-order valence-electron chi connectivity index (χ2n) is 7.26.